The van der Waals surface area contributed by atoms with Crippen molar-refractivity contribution in [2.75, 3.05) is 0 Å². The van der Waals surface area contributed by atoms with Crippen molar-refractivity contribution in [1.29, 1.82) is 0 Å². The van der Waals surface area contributed by atoms with Gasteiger partial charge in [0.2, 0.25) is 0 Å². The highest BCUT2D eigenvalue weighted by Gasteiger charge is 2.36. The zero-order valence-electron chi connectivity index (χ0n) is 15.8. The summed E-state index contributed by atoms with van der Waals surface area (Å²) in [6, 6.07) is 8.32. The van der Waals surface area contributed by atoms with E-state index < -0.39 is 24.3 Å². The lowest BCUT2D eigenvalue weighted by Gasteiger charge is -2.33. The lowest BCUT2D eigenvalue weighted by molar-refractivity contribution is -0.140. The molecule has 0 heterocycles. The first-order valence-corrected chi connectivity index (χ1v) is 9.11. The first kappa shape index (κ1) is 21.4. The van der Waals surface area contributed by atoms with E-state index in [2.05, 4.69) is 0 Å². The smallest absolute Gasteiger partial charge is 0.331 e. The van der Waals surface area contributed by atoms with E-state index in [1.54, 1.807) is 0 Å². The van der Waals surface area contributed by atoms with E-state index in [0.29, 0.717) is 11.1 Å². The lowest BCUT2D eigenvalue weighted by atomic mass is 9.91. The zero-order chi connectivity index (χ0) is 21.8. The van der Waals surface area contributed by atoms with Crippen molar-refractivity contribution in [3.63, 3.8) is 0 Å². The highest BCUT2D eigenvalue weighted by Crippen LogP contribution is 2.30. The summed E-state index contributed by atoms with van der Waals surface area (Å²) in [7, 11) is 0. The molecule has 0 saturated heterocycles. The first-order valence-electron chi connectivity index (χ1n) is 9.11. The Balaban J connectivity index is 1.73. The Morgan fingerprint density at radius 1 is 0.867 bits per heavy atom. The molecule has 0 fully saturated rings. The van der Waals surface area contributed by atoms with Gasteiger partial charge in [0.1, 0.15) is 12.2 Å². The van der Waals surface area contributed by atoms with Crippen LogP contribution in [0.1, 0.15) is 17.5 Å². The summed E-state index contributed by atoms with van der Waals surface area (Å²) in [5, 5.41) is 57.7. The number of hydrogen-bond acceptors (Lipinski definition) is 8. The molecule has 0 unspecified atom stereocenters. The van der Waals surface area contributed by atoms with Crippen molar-refractivity contribution in [3.05, 3.63) is 59.2 Å². The van der Waals surface area contributed by atoms with Crippen LogP contribution in [0.5, 0.6) is 23.0 Å². The largest absolute Gasteiger partial charge is 0.504 e. The van der Waals surface area contributed by atoms with Gasteiger partial charge in [-0.15, -0.1) is 0 Å². The normalized spacial score (nSPS) is 21.2. The molecule has 160 valence electrons. The number of aromatic hydroxyl groups is 4. The maximum atomic E-state index is 11.4. The van der Waals surface area contributed by atoms with Gasteiger partial charge in [0, 0.05) is 12.0 Å². The van der Waals surface area contributed by atoms with E-state index in [4.69, 9.17) is 9.47 Å². The summed E-state index contributed by atoms with van der Waals surface area (Å²) in [4.78, 5) is 11.4. The molecule has 2 aromatic rings. The Kier molecular flexibility index (Phi) is 6.46. The Morgan fingerprint density at radius 3 is 1.90 bits per heavy atom. The number of rotatable bonds is 7. The molecule has 0 amide bonds. The number of ether oxygens (including phenoxy) is 2. The molecular formula is C21H22O9. The fourth-order valence-corrected chi connectivity index (χ4v) is 3.15. The summed E-state index contributed by atoms with van der Waals surface area (Å²) >= 11 is 0. The second kappa shape index (κ2) is 9.04. The predicted molar refractivity (Wildman–Crippen MR) is 103 cm³/mol. The SMILES string of the molecule is O=C(O)C1=C[C@@H](O)[C@@H](OCc2ccc(O)c(O)c2)[C@H](OCc2ccc(O)c(O)c2)C1. The van der Waals surface area contributed by atoms with Crippen LogP contribution >= 0.6 is 0 Å². The van der Waals surface area contributed by atoms with E-state index in [-0.39, 0.29) is 48.2 Å². The minimum Gasteiger partial charge on any atom is -0.504 e. The number of hydrogen-bond donors (Lipinski definition) is 6. The molecule has 0 aromatic heterocycles. The average Bonchev–Trinajstić information content (AvgIpc) is 2.70. The standard InChI is InChI=1S/C21H22O9/c22-14-3-1-11(5-16(14)24)9-29-19-8-13(21(27)28)7-18(26)20(19)30-10-12-2-4-15(23)17(25)6-12/h1-7,18-20,22-26H,8-10H2,(H,27,28)/t18-,19-,20-/m1/s1. The summed E-state index contributed by atoms with van der Waals surface area (Å²) in [6.07, 6.45) is -1.75. The highest BCUT2D eigenvalue weighted by atomic mass is 16.5. The van der Waals surface area contributed by atoms with Crippen LogP contribution in [0.3, 0.4) is 0 Å². The third kappa shape index (κ3) is 5.01. The summed E-state index contributed by atoms with van der Waals surface area (Å²) in [6.45, 7) is -0.0380. The van der Waals surface area contributed by atoms with Gasteiger partial charge < -0.3 is 40.1 Å². The van der Waals surface area contributed by atoms with Crippen molar-refractivity contribution < 1.29 is 44.9 Å². The van der Waals surface area contributed by atoms with Gasteiger partial charge >= 0.3 is 5.97 Å². The maximum absolute atomic E-state index is 11.4. The quantitative estimate of drug-likeness (QED) is 0.369. The topological polar surface area (TPSA) is 157 Å². The van der Waals surface area contributed by atoms with Gasteiger partial charge in [-0.05, 0) is 41.5 Å². The fraction of sp³-hybridized carbons (Fsp3) is 0.286. The summed E-state index contributed by atoms with van der Waals surface area (Å²) < 4.78 is 11.5. The van der Waals surface area contributed by atoms with Gasteiger partial charge in [-0.2, -0.15) is 0 Å². The molecule has 0 radical (unpaired) electrons. The van der Waals surface area contributed by atoms with Gasteiger partial charge in [0.15, 0.2) is 23.0 Å². The minimum atomic E-state index is -1.24. The Morgan fingerprint density at radius 2 is 1.40 bits per heavy atom. The molecule has 3 atom stereocenters. The van der Waals surface area contributed by atoms with Crippen LogP contribution < -0.4 is 0 Å². The number of phenols is 4. The predicted octanol–water partition coefficient (Wildman–Crippen LogP) is 1.76. The molecule has 9 heteroatoms. The van der Waals surface area contributed by atoms with Crippen molar-refractivity contribution in [1.82, 2.24) is 0 Å². The van der Waals surface area contributed by atoms with Crippen molar-refractivity contribution in [2.45, 2.75) is 37.9 Å². The minimum absolute atomic E-state index is 0.0109. The third-order valence-corrected chi connectivity index (χ3v) is 4.76. The molecular weight excluding hydrogens is 396 g/mol. The Bertz CT molecular complexity index is 953. The number of carboxylic acid groups (broad SMARTS) is 1. The molecule has 1 aliphatic rings. The van der Waals surface area contributed by atoms with Crippen molar-refractivity contribution >= 4 is 5.97 Å². The first-order chi connectivity index (χ1) is 14.2. The Hall–Kier alpha value is -3.27. The van der Waals surface area contributed by atoms with E-state index >= 15 is 0 Å². The summed E-state index contributed by atoms with van der Waals surface area (Å²) in [5.74, 6) is -2.35. The average molecular weight is 418 g/mol. The molecule has 0 bridgehead atoms. The number of aliphatic carboxylic acids is 1. The monoisotopic (exact) mass is 418 g/mol. The van der Waals surface area contributed by atoms with Gasteiger partial charge in [-0.3, -0.25) is 0 Å². The number of aliphatic hydroxyl groups excluding tert-OH is 1. The molecule has 6 N–H and O–H groups in total. The molecule has 2 aromatic carbocycles. The molecule has 0 spiro atoms. The molecule has 30 heavy (non-hydrogen) atoms. The van der Waals surface area contributed by atoms with Crippen LogP contribution in [0, 0.1) is 0 Å². The number of benzene rings is 2. The zero-order valence-corrected chi connectivity index (χ0v) is 15.8. The van der Waals surface area contributed by atoms with Crippen molar-refractivity contribution in [2.24, 2.45) is 0 Å². The third-order valence-electron chi connectivity index (χ3n) is 4.76. The van der Waals surface area contributed by atoms with E-state index in [1.807, 2.05) is 0 Å². The molecule has 9 nitrogen and oxygen atoms in total. The second-order valence-electron chi connectivity index (χ2n) is 6.96. The van der Waals surface area contributed by atoms with E-state index in [9.17, 15) is 35.4 Å². The molecule has 1 aliphatic carbocycles. The van der Waals surface area contributed by atoms with E-state index in [0.717, 1.165) is 0 Å². The number of phenolic OH excluding ortho intramolecular Hbond substituents is 4. The fourth-order valence-electron chi connectivity index (χ4n) is 3.15. The van der Waals surface area contributed by atoms with Crippen LogP contribution in [0.2, 0.25) is 0 Å². The molecule has 0 saturated carbocycles. The molecule has 0 aliphatic heterocycles. The maximum Gasteiger partial charge on any atom is 0.331 e. The summed E-state index contributed by atoms with van der Waals surface area (Å²) in [5.41, 5.74) is 1.06. The van der Waals surface area contributed by atoms with Gasteiger partial charge in [-0.1, -0.05) is 12.1 Å². The van der Waals surface area contributed by atoms with Gasteiger partial charge in [0.05, 0.1) is 19.3 Å². The van der Waals surface area contributed by atoms with Crippen molar-refractivity contribution in [3.8, 4) is 23.0 Å². The van der Waals surface area contributed by atoms with Crippen LogP contribution in [-0.2, 0) is 27.5 Å². The van der Waals surface area contributed by atoms with Gasteiger partial charge in [0.25, 0.3) is 0 Å². The van der Waals surface area contributed by atoms with Crippen LogP contribution in [-0.4, -0.2) is 54.9 Å². The number of carbonyl (C=O) groups is 1. The molecule has 3 rings (SSSR count). The van der Waals surface area contributed by atoms with Crippen LogP contribution in [0.15, 0.2) is 48.0 Å². The highest BCUT2D eigenvalue weighted by molar-refractivity contribution is 5.87. The van der Waals surface area contributed by atoms with Gasteiger partial charge in [-0.25, -0.2) is 4.79 Å². The van der Waals surface area contributed by atoms with Crippen LogP contribution in [0.25, 0.3) is 0 Å². The second-order valence-corrected chi connectivity index (χ2v) is 6.96. The lowest BCUT2D eigenvalue weighted by Crippen LogP contribution is -2.44. The van der Waals surface area contributed by atoms with Crippen LogP contribution in [0.4, 0.5) is 0 Å². The van der Waals surface area contributed by atoms with E-state index in [1.165, 1.54) is 42.5 Å². The number of aliphatic hydroxyl groups is 1. The Labute approximate surface area is 171 Å². The number of carboxylic acids is 1.